The molecule has 0 atom stereocenters. The molecule has 1 amide bonds. The maximum absolute atomic E-state index is 12.7. The van der Waals surface area contributed by atoms with Crippen molar-refractivity contribution < 1.29 is 13.2 Å². The number of aromatic nitrogens is 1. The number of thiazole rings is 1. The molecule has 0 aliphatic carbocycles. The van der Waals surface area contributed by atoms with E-state index in [0.29, 0.717) is 21.8 Å². The molecule has 0 aliphatic heterocycles. The van der Waals surface area contributed by atoms with Gasteiger partial charge in [-0.15, -0.1) is 11.3 Å². The first-order chi connectivity index (χ1) is 13.2. The van der Waals surface area contributed by atoms with E-state index >= 15 is 0 Å². The molecule has 1 aromatic heterocycles. The van der Waals surface area contributed by atoms with Crippen LogP contribution in [-0.2, 0) is 16.4 Å². The summed E-state index contributed by atoms with van der Waals surface area (Å²) >= 11 is 1.30. The van der Waals surface area contributed by atoms with Gasteiger partial charge in [0.1, 0.15) is 9.88 Å². The quantitative estimate of drug-likeness (QED) is 0.660. The third-order valence-corrected chi connectivity index (χ3v) is 6.62. The Morgan fingerprint density at radius 1 is 1.14 bits per heavy atom. The molecule has 0 fully saturated rings. The highest BCUT2D eigenvalue weighted by Crippen LogP contribution is 2.29. The lowest BCUT2D eigenvalue weighted by Crippen LogP contribution is -2.16. The number of anilines is 1. The summed E-state index contributed by atoms with van der Waals surface area (Å²) in [7, 11) is -3.86. The fourth-order valence-electron chi connectivity index (χ4n) is 2.79. The van der Waals surface area contributed by atoms with Gasteiger partial charge in [0.25, 0.3) is 5.91 Å². The number of nitrogens with zero attached hydrogens (tertiary/aromatic N) is 1. The van der Waals surface area contributed by atoms with E-state index in [1.165, 1.54) is 23.0 Å². The average Bonchev–Trinajstić information content (AvgIpc) is 3.04. The molecule has 0 unspecified atom stereocenters. The van der Waals surface area contributed by atoms with E-state index in [-0.39, 0.29) is 10.8 Å². The molecule has 0 saturated carbocycles. The van der Waals surface area contributed by atoms with Gasteiger partial charge in [-0.2, -0.15) is 0 Å². The van der Waals surface area contributed by atoms with E-state index in [1.54, 1.807) is 26.0 Å². The Bertz CT molecular complexity index is 1130. The smallest absolute Gasteiger partial charge is 0.267 e. The van der Waals surface area contributed by atoms with E-state index in [9.17, 15) is 13.2 Å². The lowest BCUT2D eigenvalue weighted by atomic mass is 10.1. The van der Waals surface area contributed by atoms with Crippen LogP contribution in [0, 0.1) is 13.8 Å². The van der Waals surface area contributed by atoms with E-state index in [4.69, 9.17) is 5.14 Å². The van der Waals surface area contributed by atoms with Crippen molar-refractivity contribution in [3.05, 3.63) is 64.2 Å². The number of nitrogens with two attached hydrogens (primary N) is 1. The molecule has 3 aromatic rings. The summed E-state index contributed by atoms with van der Waals surface area (Å²) in [5.74, 6) is -0.337. The minimum absolute atomic E-state index is 0.0111. The fourth-order valence-corrected chi connectivity index (χ4v) is 4.56. The third-order valence-electron chi connectivity index (χ3n) is 4.36. The topological polar surface area (TPSA) is 102 Å². The first-order valence-electron chi connectivity index (χ1n) is 8.70. The molecule has 6 nitrogen and oxygen atoms in total. The number of rotatable bonds is 5. The minimum Gasteiger partial charge on any atom is -0.321 e. The standard InChI is InChI=1S/C20H21N3O3S2/c1-4-14-6-8-15(9-7-14)20-22-13(3)18(27-20)19(24)23-16-10-5-12(2)17(11-16)28(21,25)26/h5-11H,4H2,1-3H3,(H,23,24)(H2,21,25,26). The molecule has 3 N–H and O–H groups in total. The number of sulfonamides is 1. The first-order valence-corrected chi connectivity index (χ1v) is 11.1. The van der Waals surface area contributed by atoms with Crippen LogP contribution in [0.2, 0.25) is 0 Å². The number of hydrogen-bond acceptors (Lipinski definition) is 5. The molecule has 0 bridgehead atoms. The van der Waals surface area contributed by atoms with Gasteiger partial charge in [0.05, 0.1) is 10.6 Å². The molecule has 0 saturated heterocycles. The van der Waals surface area contributed by atoms with E-state index < -0.39 is 10.0 Å². The predicted octanol–water partition coefficient (Wildman–Crippen LogP) is 3.89. The van der Waals surface area contributed by atoms with Crippen molar-refractivity contribution in [3.63, 3.8) is 0 Å². The maximum Gasteiger partial charge on any atom is 0.267 e. The van der Waals surface area contributed by atoms with Crippen molar-refractivity contribution in [1.82, 2.24) is 4.98 Å². The zero-order chi connectivity index (χ0) is 20.5. The summed E-state index contributed by atoms with van der Waals surface area (Å²) in [6, 6.07) is 12.7. The van der Waals surface area contributed by atoms with Crippen LogP contribution >= 0.6 is 11.3 Å². The van der Waals surface area contributed by atoms with Gasteiger partial charge in [0.2, 0.25) is 10.0 Å². The average molecular weight is 416 g/mol. The summed E-state index contributed by atoms with van der Waals surface area (Å²) < 4.78 is 23.4. The Labute approximate surface area is 168 Å². The maximum atomic E-state index is 12.7. The van der Waals surface area contributed by atoms with Crippen LogP contribution in [0.5, 0.6) is 0 Å². The molecular formula is C20H21N3O3S2. The number of amides is 1. The monoisotopic (exact) mass is 415 g/mol. The van der Waals surface area contributed by atoms with Gasteiger partial charge >= 0.3 is 0 Å². The third kappa shape index (κ3) is 4.30. The zero-order valence-electron chi connectivity index (χ0n) is 15.8. The normalized spacial score (nSPS) is 11.4. The number of aryl methyl sites for hydroxylation is 3. The Hall–Kier alpha value is -2.55. The Kier molecular flexibility index (Phi) is 5.64. The number of benzene rings is 2. The number of primary sulfonamides is 1. The van der Waals surface area contributed by atoms with Crippen molar-refractivity contribution in [2.24, 2.45) is 5.14 Å². The second-order valence-corrected chi connectivity index (χ2v) is 8.99. The van der Waals surface area contributed by atoms with Gasteiger partial charge in [-0.25, -0.2) is 18.5 Å². The SMILES string of the molecule is CCc1ccc(-c2nc(C)c(C(=O)Nc3ccc(C)c(S(N)(=O)=O)c3)s2)cc1. The Morgan fingerprint density at radius 2 is 1.82 bits per heavy atom. The number of nitrogens with one attached hydrogen (secondary N) is 1. The number of carbonyl (C=O) groups excluding carboxylic acids is 1. The predicted molar refractivity (Wildman–Crippen MR) is 112 cm³/mol. The van der Waals surface area contributed by atoms with Crippen LogP contribution in [0.25, 0.3) is 10.6 Å². The largest absolute Gasteiger partial charge is 0.321 e. The summed E-state index contributed by atoms with van der Waals surface area (Å²) in [4.78, 5) is 17.7. The molecule has 146 valence electrons. The highest BCUT2D eigenvalue weighted by atomic mass is 32.2. The zero-order valence-corrected chi connectivity index (χ0v) is 17.4. The van der Waals surface area contributed by atoms with Crippen LogP contribution in [0.1, 0.15) is 33.4 Å². The highest BCUT2D eigenvalue weighted by Gasteiger charge is 2.18. The second-order valence-electron chi connectivity index (χ2n) is 6.46. The van der Waals surface area contributed by atoms with Crippen LogP contribution in [-0.4, -0.2) is 19.3 Å². The van der Waals surface area contributed by atoms with Crippen LogP contribution < -0.4 is 10.5 Å². The van der Waals surface area contributed by atoms with Crippen molar-refractivity contribution >= 4 is 33.0 Å². The molecule has 0 aliphatic rings. The van der Waals surface area contributed by atoms with Crippen LogP contribution in [0.3, 0.4) is 0 Å². The lowest BCUT2D eigenvalue weighted by Gasteiger charge is -2.08. The molecule has 8 heteroatoms. The molecular weight excluding hydrogens is 394 g/mol. The summed E-state index contributed by atoms with van der Waals surface area (Å²) in [5.41, 5.74) is 3.70. The molecule has 3 rings (SSSR count). The highest BCUT2D eigenvalue weighted by molar-refractivity contribution is 7.89. The van der Waals surface area contributed by atoms with Gasteiger partial charge in [-0.05, 0) is 43.5 Å². The molecule has 0 spiro atoms. The van der Waals surface area contributed by atoms with Crippen LogP contribution in [0.4, 0.5) is 5.69 Å². The lowest BCUT2D eigenvalue weighted by molar-refractivity contribution is 0.102. The number of carbonyl (C=O) groups is 1. The fraction of sp³-hybridized carbons (Fsp3) is 0.200. The second kappa shape index (κ2) is 7.83. The molecule has 28 heavy (non-hydrogen) atoms. The Balaban J connectivity index is 1.86. The minimum atomic E-state index is -3.86. The van der Waals surface area contributed by atoms with Crippen molar-refractivity contribution in [3.8, 4) is 10.6 Å². The van der Waals surface area contributed by atoms with Gasteiger partial charge in [0.15, 0.2) is 0 Å². The summed E-state index contributed by atoms with van der Waals surface area (Å²) in [6.45, 7) is 5.52. The van der Waals surface area contributed by atoms with Gasteiger partial charge in [0, 0.05) is 11.3 Å². The van der Waals surface area contributed by atoms with E-state index in [1.807, 2.05) is 24.3 Å². The van der Waals surface area contributed by atoms with Crippen molar-refractivity contribution in [1.29, 1.82) is 0 Å². The van der Waals surface area contributed by atoms with E-state index in [0.717, 1.165) is 17.0 Å². The van der Waals surface area contributed by atoms with Gasteiger partial charge in [-0.1, -0.05) is 37.3 Å². The van der Waals surface area contributed by atoms with Crippen LogP contribution in [0.15, 0.2) is 47.4 Å². The van der Waals surface area contributed by atoms with E-state index in [2.05, 4.69) is 17.2 Å². The summed E-state index contributed by atoms with van der Waals surface area (Å²) in [5, 5.41) is 8.73. The van der Waals surface area contributed by atoms with Crippen molar-refractivity contribution in [2.75, 3.05) is 5.32 Å². The Morgan fingerprint density at radius 3 is 2.43 bits per heavy atom. The number of hydrogen-bond donors (Lipinski definition) is 2. The summed E-state index contributed by atoms with van der Waals surface area (Å²) in [6.07, 6.45) is 0.960. The van der Waals surface area contributed by atoms with Crippen molar-refractivity contribution in [2.45, 2.75) is 32.1 Å². The first kappa shape index (κ1) is 20.2. The van der Waals surface area contributed by atoms with Gasteiger partial charge < -0.3 is 5.32 Å². The molecule has 2 aromatic carbocycles. The molecule has 1 heterocycles. The van der Waals surface area contributed by atoms with Gasteiger partial charge in [-0.3, -0.25) is 4.79 Å². The molecule has 0 radical (unpaired) electrons.